The summed E-state index contributed by atoms with van der Waals surface area (Å²) in [4.78, 5) is 12.4. The van der Waals surface area contributed by atoms with Crippen LogP contribution in [0, 0.1) is 20.8 Å². The SMILES string of the molecule is Cc1ccc2oc(C(=O)Nc3ccc(C)c(Cl)c3)c(C)c2c1. The predicted molar refractivity (Wildman–Crippen MR) is 89.8 cm³/mol. The highest BCUT2D eigenvalue weighted by Crippen LogP contribution is 2.27. The van der Waals surface area contributed by atoms with Crippen molar-refractivity contribution in [3.05, 3.63) is 63.9 Å². The first-order valence-electron chi connectivity index (χ1n) is 7.03. The van der Waals surface area contributed by atoms with Crippen LogP contribution in [0.25, 0.3) is 11.0 Å². The van der Waals surface area contributed by atoms with Gasteiger partial charge >= 0.3 is 0 Å². The Morgan fingerprint density at radius 1 is 1.09 bits per heavy atom. The van der Waals surface area contributed by atoms with E-state index in [9.17, 15) is 4.79 Å². The molecule has 2 aromatic carbocycles. The van der Waals surface area contributed by atoms with Gasteiger partial charge in [0.05, 0.1) is 0 Å². The van der Waals surface area contributed by atoms with Crippen LogP contribution in [0.4, 0.5) is 5.69 Å². The zero-order valence-electron chi connectivity index (χ0n) is 12.7. The summed E-state index contributed by atoms with van der Waals surface area (Å²) in [5.74, 6) is 0.0589. The quantitative estimate of drug-likeness (QED) is 0.701. The van der Waals surface area contributed by atoms with Gasteiger partial charge in [-0.3, -0.25) is 4.79 Å². The average Bonchev–Trinajstić information content (AvgIpc) is 2.80. The van der Waals surface area contributed by atoms with E-state index in [2.05, 4.69) is 5.32 Å². The summed E-state index contributed by atoms with van der Waals surface area (Å²) in [5, 5.41) is 4.41. The van der Waals surface area contributed by atoms with Gasteiger partial charge in [-0.1, -0.05) is 29.3 Å². The van der Waals surface area contributed by atoms with Gasteiger partial charge in [-0.15, -0.1) is 0 Å². The van der Waals surface area contributed by atoms with E-state index in [-0.39, 0.29) is 5.91 Å². The summed E-state index contributed by atoms with van der Waals surface area (Å²) < 4.78 is 5.70. The Labute approximate surface area is 133 Å². The van der Waals surface area contributed by atoms with Crippen LogP contribution in [0.2, 0.25) is 5.02 Å². The smallest absolute Gasteiger partial charge is 0.291 e. The van der Waals surface area contributed by atoms with Crippen LogP contribution in [0.15, 0.2) is 40.8 Å². The number of carbonyl (C=O) groups excluding carboxylic acids is 1. The van der Waals surface area contributed by atoms with Crippen molar-refractivity contribution in [1.29, 1.82) is 0 Å². The van der Waals surface area contributed by atoms with Crippen LogP contribution in [-0.4, -0.2) is 5.91 Å². The Balaban J connectivity index is 1.95. The third-order valence-electron chi connectivity index (χ3n) is 3.73. The van der Waals surface area contributed by atoms with E-state index >= 15 is 0 Å². The zero-order chi connectivity index (χ0) is 15.9. The van der Waals surface area contributed by atoms with Gasteiger partial charge in [-0.25, -0.2) is 0 Å². The van der Waals surface area contributed by atoms with E-state index in [4.69, 9.17) is 16.0 Å². The van der Waals surface area contributed by atoms with E-state index in [0.29, 0.717) is 16.5 Å². The third-order valence-corrected chi connectivity index (χ3v) is 4.13. The summed E-state index contributed by atoms with van der Waals surface area (Å²) in [7, 11) is 0. The fourth-order valence-corrected chi connectivity index (χ4v) is 2.59. The molecular formula is C18H16ClNO2. The lowest BCUT2D eigenvalue weighted by molar-refractivity contribution is 0.0998. The molecule has 0 saturated heterocycles. The maximum atomic E-state index is 12.4. The molecule has 1 heterocycles. The second-order valence-electron chi connectivity index (χ2n) is 5.47. The summed E-state index contributed by atoms with van der Waals surface area (Å²) in [6.07, 6.45) is 0. The number of anilines is 1. The Morgan fingerprint density at radius 2 is 1.86 bits per heavy atom. The van der Waals surface area contributed by atoms with Crippen molar-refractivity contribution in [2.24, 2.45) is 0 Å². The van der Waals surface area contributed by atoms with Crippen molar-refractivity contribution in [3.63, 3.8) is 0 Å². The predicted octanol–water partition coefficient (Wildman–Crippen LogP) is 5.26. The second kappa shape index (κ2) is 5.50. The van der Waals surface area contributed by atoms with Crippen molar-refractivity contribution in [1.82, 2.24) is 0 Å². The molecule has 1 aromatic heterocycles. The molecule has 0 saturated carbocycles. The van der Waals surface area contributed by atoms with Gasteiger partial charge in [0.1, 0.15) is 5.58 Å². The van der Waals surface area contributed by atoms with Gasteiger partial charge in [0.2, 0.25) is 0 Å². The van der Waals surface area contributed by atoms with Crippen molar-refractivity contribution in [2.75, 3.05) is 5.32 Å². The average molecular weight is 314 g/mol. The highest BCUT2D eigenvalue weighted by atomic mass is 35.5. The Kier molecular flexibility index (Phi) is 3.67. The summed E-state index contributed by atoms with van der Waals surface area (Å²) in [6, 6.07) is 11.3. The molecule has 0 fully saturated rings. The number of carbonyl (C=O) groups is 1. The van der Waals surface area contributed by atoms with Gasteiger partial charge in [-0.2, -0.15) is 0 Å². The van der Waals surface area contributed by atoms with Crippen LogP contribution >= 0.6 is 11.6 Å². The van der Waals surface area contributed by atoms with Gasteiger partial charge in [0.15, 0.2) is 5.76 Å². The summed E-state index contributed by atoms with van der Waals surface area (Å²) in [6.45, 7) is 5.82. The number of hydrogen-bond donors (Lipinski definition) is 1. The van der Waals surface area contributed by atoms with Crippen molar-refractivity contribution in [3.8, 4) is 0 Å². The second-order valence-corrected chi connectivity index (χ2v) is 5.88. The first-order valence-corrected chi connectivity index (χ1v) is 7.41. The number of rotatable bonds is 2. The molecule has 0 aliphatic carbocycles. The van der Waals surface area contributed by atoms with Crippen molar-refractivity contribution in [2.45, 2.75) is 20.8 Å². The normalized spacial score (nSPS) is 10.9. The lowest BCUT2D eigenvalue weighted by Crippen LogP contribution is -2.12. The highest BCUT2D eigenvalue weighted by Gasteiger charge is 2.18. The minimum Gasteiger partial charge on any atom is -0.451 e. The molecule has 0 unspecified atom stereocenters. The number of furan rings is 1. The van der Waals surface area contributed by atoms with Crippen molar-refractivity contribution >= 4 is 34.2 Å². The molecule has 3 aromatic rings. The molecule has 0 bridgehead atoms. The van der Waals surface area contributed by atoms with E-state index < -0.39 is 0 Å². The van der Waals surface area contributed by atoms with Gasteiger partial charge in [0, 0.05) is 21.7 Å². The largest absolute Gasteiger partial charge is 0.451 e. The third kappa shape index (κ3) is 2.60. The molecule has 0 spiro atoms. The fourth-order valence-electron chi connectivity index (χ4n) is 2.41. The van der Waals surface area contributed by atoms with E-state index in [1.54, 1.807) is 6.07 Å². The molecule has 0 radical (unpaired) electrons. The Morgan fingerprint density at radius 3 is 2.59 bits per heavy atom. The standard InChI is InChI=1S/C18H16ClNO2/c1-10-4-7-16-14(8-10)12(3)17(22-16)18(21)20-13-6-5-11(2)15(19)9-13/h4-9H,1-3H3,(H,20,21). The van der Waals surface area contributed by atoms with Crippen LogP contribution < -0.4 is 5.32 Å². The molecule has 3 rings (SSSR count). The molecule has 0 aliphatic heterocycles. The van der Waals surface area contributed by atoms with Crippen molar-refractivity contribution < 1.29 is 9.21 Å². The minimum absolute atomic E-state index is 0.272. The Bertz CT molecular complexity index is 880. The fraction of sp³-hybridized carbons (Fsp3) is 0.167. The maximum absolute atomic E-state index is 12.4. The molecule has 0 aliphatic rings. The summed E-state index contributed by atoms with van der Waals surface area (Å²) >= 11 is 6.08. The molecule has 112 valence electrons. The number of benzene rings is 2. The topological polar surface area (TPSA) is 42.2 Å². The molecule has 0 atom stereocenters. The highest BCUT2D eigenvalue weighted by molar-refractivity contribution is 6.31. The van der Waals surface area contributed by atoms with Crippen LogP contribution in [0.1, 0.15) is 27.2 Å². The molecule has 1 N–H and O–H groups in total. The number of hydrogen-bond acceptors (Lipinski definition) is 2. The first-order chi connectivity index (χ1) is 10.5. The number of amides is 1. The zero-order valence-corrected chi connectivity index (χ0v) is 13.4. The Hall–Kier alpha value is -2.26. The molecule has 4 heteroatoms. The van der Waals surface area contributed by atoms with E-state index in [0.717, 1.165) is 27.7 Å². The van der Waals surface area contributed by atoms with Gasteiger partial charge < -0.3 is 9.73 Å². The van der Waals surface area contributed by atoms with Crippen LogP contribution in [-0.2, 0) is 0 Å². The van der Waals surface area contributed by atoms with Gasteiger partial charge in [0.25, 0.3) is 5.91 Å². The van der Waals surface area contributed by atoms with E-state index in [1.807, 2.05) is 51.1 Å². The first kappa shape index (κ1) is 14.7. The summed E-state index contributed by atoms with van der Waals surface area (Å²) in [5.41, 5.74) is 4.31. The number of nitrogens with one attached hydrogen (secondary N) is 1. The minimum atomic E-state index is -0.272. The molecule has 3 nitrogen and oxygen atoms in total. The number of halogens is 1. The number of aryl methyl sites for hydroxylation is 3. The van der Waals surface area contributed by atoms with Crippen LogP contribution in [0.3, 0.4) is 0 Å². The molecule has 22 heavy (non-hydrogen) atoms. The molecule has 1 amide bonds. The molecular weight excluding hydrogens is 298 g/mol. The van der Waals surface area contributed by atoms with Gasteiger partial charge in [-0.05, 0) is 50.6 Å². The lowest BCUT2D eigenvalue weighted by Gasteiger charge is -2.05. The number of fused-ring (bicyclic) bond motifs is 1. The van der Waals surface area contributed by atoms with E-state index in [1.165, 1.54) is 0 Å². The lowest BCUT2D eigenvalue weighted by atomic mass is 10.1. The maximum Gasteiger partial charge on any atom is 0.291 e. The van der Waals surface area contributed by atoms with Crippen LogP contribution in [0.5, 0.6) is 0 Å². The monoisotopic (exact) mass is 313 g/mol.